The lowest BCUT2D eigenvalue weighted by Gasteiger charge is -2.22. The van der Waals surface area contributed by atoms with Gasteiger partial charge in [-0.25, -0.2) is 8.89 Å². The van der Waals surface area contributed by atoms with Crippen molar-refractivity contribution >= 4 is 33.7 Å². The van der Waals surface area contributed by atoms with Gasteiger partial charge in [0.05, 0.1) is 24.0 Å². The Labute approximate surface area is 191 Å². The van der Waals surface area contributed by atoms with Crippen LogP contribution in [0, 0.1) is 0 Å². The summed E-state index contributed by atoms with van der Waals surface area (Å²) in [5.41, 5.74) is 3.30. The normalized spacial score (nSPS) is 15.4. The van der Waals surface area contributed by atoms with Gasteiger partial charge in [0, 0.05) is 42.4 Å². The summed E-state index contributed by atoms with van der Waals surface area (Å²) in [6, 6.07) is 14.1. The fourth-order valence-electron chi connectivity index (χ4n) is 3.93. The largest absolute Gasteiger partial charge is 0.380 e. The van der Waals surface area contributed by atoms with Gasteiger partial charge >= 0.3 is 0 Å². The molecule has 10 nitrogen and oxygen atoms in total. The zero-order valence-corrected chi connectivity index (χ0v) is 18.4. The van der Waals surface area contributed by atoms with E-state index in [4.69, 9.17) is 9.29 Å². The van der Waals surface area contributed by atoms with Crippen LogP contribution >= 0.6 is 0 Å². The Morgan fingerprint density at radius 1 is 1.12 bits per heavy atom. The number of aromatic nitrogens is 4. The summed E-state index contributed by atoms with van der Waals surface area (Å²) in [5.74, 6) is 0.766. The van der Waals surface area contributed by atoms with Crippen LogP contribution in [0.4, 0.5) is 11.5 Å². The third-order valence-corrected chi connectivity index (χ3v) is 5.93. The number of fused-ring (bicyclic) bond motifs is 1. The van der Waals surface area contributed by atoms with E-state index in [-0.39, 0.29) is 5.43 Å². The van der Waals surface area contributed by atoms with E-state index in [9.17, 15) is 9.00 Å². The number of anilines is 2. The average Bonchev–Trinajstić information content (AvgIpc) is 3.13. The average molecular weight is 467 g/mol. The molecular formula is C22H22N6O4S. The smallest absolute Gasteiger partial charge is 0.259 e. The van der Waals surface area contributed by atoms with Crippen LogP contribution in [-0.4, -0.2) is 55.0 Å². The summed E-state index contributed by atoms with van der Waals surface area (Å²) in [7, 11) is 0. The van der Waals surface area contributed by atoms with Gasteiger partial charge in [0.15, 0.2) is 5.43 Å². The van der Waals surface area contributed by atoms with Gasteiger partial charge < -0.3 is 14.6 Å². The quantitative estimate of drug-likeness (QED) is 0.386. The number of benzene rings is 2. The molecule has 11 heteroatoms. The third-order valence-electron chi connectivity index (χ3n) is 5.52. The molecule has 2 aromatic carbocycles. The van der Waals surface area contributed by atoms with Crippen molar-refractivity contribution in [1.82, 2.24) is 20.0 Å². The van der Waals surface area contributed by atoms with Crippen molar-refractivity contribution in [3.63, 3.8) is 0 Å². The molecule has 0 spiro atoms. The second-order valence-electron chi connectivity index (χ2n) is 7.65. The Morgan fingerprint density at radius 2 is 1.97 bits per heavy atom. The third kappa shape index (κ3) is 4.51. The number of H-pyrrole nitrogens is 1. The molecule has 1 atom stereocenters. The van der Waals surface area contributed by atoms with Crippen LogP contribution in [0.2, 0.25) is 0 Å². The lowest BCUT2D eigenvalue weighted by Crippen LogP contribution is -2.28. The van der Waals surface area contributed by atoms with Crippen LogP contribution in [0.25, 0.3) is 27.8 Å². The highest BCUT2D eigenvalue weighted by atomic mass is 32.2. The lowest BCUT2D eigenvalue weighted by molar-refractivity contribution is 0.152. The Bertz CT molecular complexity index is 1360. The van der Waals surface area contributed by atoms with Gasteiger partial charge in [-0.3, -0.25) is 14.1 Å². The number of hydrogen-bond acceptors (Lipinski definition) is 6. The number of nitrogens with one attached hydrogen (secondary N) is 2. The molecule has 0 saturated carbocycles. The maximum atomic E-state index is 12.9. The highest BCUT2D eigenvalue weighted by molar-refractivity contribution is 7.80. The van der Waals surface area contributed by atoms with Gasteiger partial charge in [0.2, 0.25) is 0 Å². The summed E-state index contributed by atoms with van der Waals surface area (Å²) in [5, 5.41) is 9.14. The summed E-state index contributed by atoms with van der Waals surface area (Å²) in [4.78, 5) is 18.5. The highest BCUT2D eigenvalue weighted by Gasteiger charge is 2.16. The number of para-hydroxylation sites is 1. The van der Waals surface area contributed by atoms with E-state index in [0.717, 1.165) is 36.6 Å². The molecule has 0 radical (unpaired) electrons. The van der Waals surface area contributed by atoms with E-state index < -0.39 is 11.3 Å². The van der Waals surface area contributed by atoms with Crippen molar-refractivity contribution in [1.29, 1.82) is 0 Å². The SMILES string of the molecule is O=c1cc(N2CCCOCC2)[nH]c2c(-c3cn(-c4ccc(NS(=O)O)cc4)nn3)cccc12. The van der Waals surface area contributed by atoms with Crippen molar-refractivity contribution < 1.29 is 13.5 Å². The zero-order valence-electron chi connectivity index (χ0n) is 17.6. The molecule has 3 N–H and O–H groups in total. The highest BCUT2D eigenvalue weighted by Crippen LogP contribution is 2.27. The number of nitrogens with zero attached hydrogens (tertiary/aromatic N) is 4. The Balaban J connectivity index is 1.51. The van der Waals surface area contributed by atoms with Crippen LogP contribution < -0.4 is 15.1 Å². The first kappa shape index (κ1) is 21.3. The molecule has 0 amide bonds. The molecule has 0 aliphatic carbocycles. The predicted molar refractivity (Wildman–Crippen MR) is 127 cm³/mol. The van der Waals surface area contributed by atoms with Gasteiger partial charge in [-0.05, 0) is 36.8 Å². The van der Waals surface area contributed by atoms with E-state index >= 15 is 0 Å². The van der Waals surface area contributed by atoms with Gasteiger partial charge in [-0.1, -0.05) is 17.3 Å². The number of rotatable bonds is 5. The first-order valence-corrected chi connectivity index (χ1v) is 11.6. The Hall–Kier alpha value is -3.54. The molecule has 1 fully saturated rings. The maximum absolute atomic E-state index is 12.9. The van der Waals surface area contributed by atoms with E-state index in [0.29, 0.717) is 35.4 Å². The number of hydrogen-bond donors (Lipinski definition) is 3. The van der Waals surface area contributed by atoms with Crippen LogP contribution in [-0.2, 0) is 16.0 Å². The van der Waals surface area contributed by atoms with Crippen LogP contribution in [0.15, 0.2) is 59.5 Å². The van der Waals surface area contributed by atoms with Crippen LogP contribution in [0.3, 0.4) is 0 Å². The van der Waals surface area contributed by atoms with Crippen molar-refractivity contribution in [2.24, 2.45) is 0 Å². The lowest BCUT2D eigenvalue weighted by atomic mass is 10.1. The van der Waals surface area contributed by atoms with Crippen LogP contribution in [0.1, 0.15) is 6.42 Å². The second kappa shape index (κ2) is 9.14. The minimum absolute atomic E-state index is 0.0532. The zero-order chi connectivity index (χ0) is 22.8. The standard InChI is InChI=1S/C22H22N6O4S/c29-20-13-21(27-9-2-11-32-12-10-27)23-22-17(3-1-4-18(20)22)19-14-28(26-24-19)16-7-5-15(6-8-16)25-33(30)31/h1,3-8,13-14,25H,2,9-12H2,(H,23,29)(H,30,31). The maximum Gasteiger partial charge on any atom is 0.259 e. The van der Waals surface area contributed by atoms with Gasteiger partial charge in [-0.15, -0.1) is 5.10 Å². The van der Waals surface area contributed by atoms with E-state index in [1.807, 2.05) is 12.1 Å². The first-order valence-electron chi connectivity index (χ1n) is 10.5. The molecular weight excluding hydrogens is 444 g/mol. The van der Waals surface area contributed by atoms with Crippen LogP contribution in [0.5, 0.6) is 0 Å². The van der Waals surface area contributed by atoms with Gasteiger partial charge in [0.25, 0.3) is 11.3 Å². The summed E-state index contributed by atoms with van der Waals surface area (Å²) in [6.07, 6.45) is 2.69. The Kier molecular flexibility index (Phi) is 5.90. The molecule has 3 heterocycles. The monoisotopic (exact) mass is 466 g/mol. The second-order valence-corrected chi connectivity index (χ2v) is 8.35. The Morgan fingerprint density at radius 3 is 2.79 bits per heavy atom. The van der Waals surface area contributed by atoms with Crippen molar-refractivity contribution in [2.75, 3.05) is 35.9 Å². The summed E-state index contributed by atoms with van der Waals surface area (Å²) >= 11 is -2.13. The fraction of sp³-hybridized carbons (Fsp3) is 0.227. The molecule has 1 saturated heterocycles. The van der Waals surface area contributed by atoms with E-state index in [1.165, 1.54) is 0 Å². The minimum Gasteiger partial charge on any atom is -0.380 e. The van der Waals surface area contributed by atoms with Crippen molar-refractivity contribution in [2.45, 2.75) is 6.42 Å². The predicted octanol–water partition coefficient (Wildman–Crippen LogP) is 2.55. The van der Waals surface area contributed by atoms with E-state index in [1.54, 1.807) is 47.3 Å². The molecule has 5 rings (SSSR count). The number of pyridine rings is 1. The van der Waals surface area contributed by atoms with E-state index in [2.05, 4.69) is 24.9 Å². The molecule has 1 unspecified atom stereocenters. The minimum atomic E-state index is -2.13. The number of aromatic amines is 1. The number of ether oxygens (including phenoxy) is 1. The fourth-order valence-corrected chi connectivity index (χ4v) is 4.26. The molecule has 1 aliphatic rings. The summed E-state index contributed by atoms with van der Waals surface area (Å²) < 4.78 is 29.4. The van der Waals surface area contributed by atoms with Crippen molar-refractivity contribution in [3.05, 3.63) is 65.0 Å². The molecule has 2 aromatic heterocycles. The molecule has 33 heavy (non-hydrogen) atoms. The first-order chi connectivity index (χ1) is 16.1. The molecule has 0 bridgehead atoms. The van der Waals surface area contributed by atoms with Gasteiger partial charge in [0.1, 0.15) is 11.5 Å². The molecule has 1 aliphatic heterocycles. The van der Waals surface area contributed by atoms with Gasteiger partial charge in [-0.2, -0.15) is 0 Å². The summed E-state index contributed by atoms with van der Waals surface area (Å²) in [6.45, 7) is 2.87. The topological polar surface area (TPSA) is 125 Å². The molecule has 170 valence electrons. The molecule has 4 aromatic rings. The van der Waals surface area contributed by atoms with Crippen molar-refractivity contribution in [3.8, 4) is 16.9 Å².